The molecule has 1 rings (SSSR count). The Hall–Kier alpha value is -0.410. The van der Waals surface area contributed by atoms with E-state index < -0.39 is 28.4 Å². The highest BCUT2D eigenvalue weighted by Crippen LogP contribution is 2.58. The quantitative estimate of drug-likeness (QED) is 0.370. The van der Waals surface area contributed by atoms with Crippen LogP contribution in [0.3, 0.4) is 0 Å². The van der Waals surface area contributed by atoms with Crippen molar-refractivity contribution in [2.75, 3.05) is 0 Å². The SMILES string of the molecule is FC1=NC(F)(F)C(F)(F)C(F)(Br)C1(F)F. The number of halogens is 9. The number of aliphatic imine (C=N–C) groups is 1. The van der Waals surface area contributed by atoms with Crippen molar-refractivity contribution < 1.29 is 35.1 Å². The van der Waals surface area contributed by atoms with Crippen molar-refractivity contribution >= 4 is 21.9 Å². The molecule has 88 valence electrons. The molecule has 0 aliphatic carbocycles. The molecule has 1 atom stereocenters. The lowest BCUT2D eigenvalue weighted by molar-refractivity contribution is -0.284. The molecule has 1 aliphatic heterocycles. The fraction of sp³-hybridized carbons (Fsp3) is 0.800. The van der Waals surface area contributed by atoms with E-state index in [-0.39, 0.29) is 0 Å². The Morgan fingerprint density at radius 3 is 1.73 bits per heavy atom. The lowest BCUT2D eigenvalue weighted by Crippen LogP contribution is -2.66. The Morgan fingerprint density at radius 1 is 0.933 bits per heavy atom. The van der Waals surface area contributed by atoms with E-state index in [2.05, 4.69) is 0 Å². The molecule has 1 nitrogen and oxygen atoms in total. The van der Waals surface area contributed by atoms with Crippen LogP contribution in [0.15, 0.2) is 4.99 Å². The number of hydrogen-bond donors (Lipinski definition) is 0. The van der Waals surface area contributed by atoms with Crippen LogP contribution in [0.25, 0.3) is 0 Å². The molecule has 0 radical (unpaired) electrons. The van der Waals surface area contributed by atoms with Crippen molar-refractivity contribution in [3.05, 3.63) is 0 Å². The van der Waals surface area contributed by atoms with Crippen LogP contribution in [0.4, 0.5) is 35.1 Å². The van der Waals surface area contributed by atoms with E-state index in [0.717, 1.165) is 20.9 Å². The van der Waals surface area contributed by atoms with Gasteiger partial charge in [0.2, 0.25) is 0 Å². The van der Waals surface area contributed by atoms with Gasteiger partial charge in [-0.3, -0.25) is 0 Å². The zero-order chi connectivity index (χ0) is 12.3. The van der Waals surface area contributed by atoms with Crippen LogP contribution in [0, 0.1) is 0 Å². The molecule has 1 heterocycles. The summed E-state index contributed by atoms with van der Waals surface area (Å²) in [6, 6.07) is -5.59. The van der Waals surface area contributed by atoms with Gasteiger partial charge in [-0.2, -0.15) is 35.7 Å². The van der Waals surface area contributed by atoms with Gasteiger partial charge in [0.05, 0.1) is 0 Å². The van der Waals surface area contributed by atoms with Crippen molar-refractivity contribution in [3.63, 3.8) is 0 Å². The molecule has 10 heteroatoms. The van der Waals surface area contributed by atoms with E-state index in [9.17, 15) is 35.1 Å². The van der Waals surface area contributed by atoms with Crippen molar-refractivity contribution in [2.24, 2.45) is 4.99 Å². The maximum atomic E-state index is 12.8. The van der Waals surface area contributed by atoms with Crippen LogP contribution in [-0.4, -0.2) is 28.4 Å². The molecule has 1 unspecified atom stereocenters. The van der Waals surface area contributed by atoms with Crippen molar-refractivity contribution in [1.82, 2.24) is 0 Å². The van der Waals surface area contributed by atoms with Gasteiger partial charge in [-0.25, -0.2) is 4.39 Å². The highest BCUT2D eigenvalue weighted by molar-refractivity contribution is 9.10. The summed E-state index contributed by atoms with van der Waals surface area (Å²) in [6.07, 6.45) is 0. The van der Waals surface area contributed by atoms with Crippen LogP contribution >= 0.6 is 15.9 Å². The molecule has 0 saturated carbocycles. The highest BCUT2D eigenvalue weighted by atomic mass is 79.9. The summed E-state index contributed by atoms with van der Waals surface area (Å²) in [6.45, 7) is 0. The van der Waals surface area contributed by atoms with E-state index in [1.54, 1.807) is 0 Å². The van der Waals surface area contributed by atoms with Gasteiger partial charge >= 0.3 is 22.5 Å². The van der Waals surface area contributed by atoms with Crippen LogP contribution < -0.4 is 0 Å². The normalized spacial score (nSPS) is 37.3. The van der Waals surface area contributed by atoms with Crippen LogP contribution in [0.2, 0.25) is 0 Å². The van der Waals surface area contributed by atoms with Gasteiger partial charge in [-0.05, 0) is 15.9 Å². The first-order valence-corrected chi connectivity index (χ1v) is 3.94. The first kappa shape index (κ1) is 12.7. The minimum atomic E-state index is -5.88. The molecule has 0 fully saturated rings. The fourth-order valence-electron chi connectivity index (χ4n) is 0.779. The topological polar surface area (TPSA) is 12.4 Å². The first-order valence-electron chi connectivity index (χ1n) is 3.15. The molecular weight excluding hydrogens is 306 g/mol. The second-order valence-corrected chi connectivity index (χ2v) is 3.76. The maximum Gasteiger partial charge on any atom is 0.412 e. The molecule has 0 aromatic rings. The summed E-state index contributed by atoms with van der Waals surface area (Å²) in [7, 11) is 0. The number of rotatable bonds is 0. The summed E-state index contributed by atoms with van der Waals surface area (Å²) in [5.74, 6) is -14.5. The zero-order valence-electron chi connectivity index (χ0n) is 6.35. The summed E-state index contributed by atoms with van der Waals surface area (Å²) in [5, 5.41) is 0. The molecular formula is C5BrF8N. The van der Waals surface area contributed by atoms with Crippen LogP contribution in [0.5, 0.6) is 0 Å². The summed E-state index contributed by atoms with van der Waals surface area (Å²) in [5.41, 5.74) is 0. The number of nitrogens with zero attached hydrogens (tertiary/aromatic N) is 1. The van der Waals surface area contributed by atoms with E-state index in [1.165, 1.54) is 0 Å². The fourth-order valence-corrected chi connectivity index (χ4v) is 1.18. The molecule has 0 aromatic heterocycles. The van der Waals surface area contributed by atoms with Crippen molar-refractivity contribution in [2.45, 2.75) is 22.5 Å². The largest absolute Gasteiger partial charge is 0.412 e. The van der Waals surface area contributed by atoms with Gasteiger partial charge in [-0.15, -0.1) is 0 Å². The molecule has 1 aliphatic rings. The highest BCUT2D eigenvalue weighted by Gasteiger charge is 2.83. The van der Waals surface area contributed by atoms with Gasteiger partial charge in [0, 0.05) is 0 Å². The average molecular weight is 306 g/mol. The number of hydrogen-bond acceptors (Lipinski definition) is 1. The predicted octanol–water partition coefficient (Wildman–Crippen LogP) is 3.29. The summed E-state index contributed by atoms with van der Waals surface area (Å²) >= 11 is 1.08. The Labute approximate surface area is 85.3 Å². The van der Waals surface area contributed by atoms with Crippen molar-refractivity contribution in [3.8, 4) is 0 Å². The lowest BCUT2D eigenvalue weighted by atomic mass is 10.0. The molecule has 15 heavy (non-hydrogen) atoms. The van der Waals surface area contributed by atoms with Crippen molar-refractivity contribution in [1.29, 1.82) is 0 Å². The second-order valence-electron chi connectivity index (χ2n) is 2.67. The van der Waals surface area contributed by atoms with Gasteiger partial charge in [0.1, 0.15) is 0 Å². The Kier molecular flexibility index (Phi) is 2.39. The number of alkyl halides is 8. The standard InChI is InChI=1S/C5BrF8N/c6-3(10)2(8,9)1(7)15-5(13,14)4(3,11)12. The summed E-state index contributed by atoms with van der Waals surface area (Å²) < 4.78 is 94.3. The molecule has 0 amide bonds. The Balaban J connectivity index is 3.49. The Bertz CT molecular complexity index is 321. The molecule has 0 bridgehead atoms. The molecule has 0 saturated heterocycles. The third-order valence-electron chi connectivity index (χ3n) is 1.66. The molecule has 0 N–H and O–H groups in total. The average Bonchev–Trinajstić information content (AvgIpc) is 2.00. The monoisotopic (exact) mass is 305 g/mol. The van der Waals surface area contributed by atoms with Gasteiger partial charge < -0.3 is 0 Å². The van der Waals surface area contributed by atoms with E-state index in [1.807, 2.05) is 0 Å². The molecule has 0 spiro atoms. The predicted molar refractivity (Wildman–Crippen MR) is 36.1 cm³/mol. The van der Waals surface area contributed by atoms with E-state index in [4.69, 9.17) is 0 Å². The van der Waals surface area contributed by atoms with Gasteiger partial charge in [-0.1, -0.05) is 0 Å². The lowest BCUT2D eigenvalue weighted by Gasteiger charge is -2.39. The van der Waals surface area contributed by atoms with E-state index in [0.29, 0.717) is 0 Å². The van der Waals surface area contributed by atoms with E-state index >= 15 is 0 Å². The summed E-state index contributed by atoms with van der Waals surface area (Å²) in [4.78, 5) is 1.16. The third kappa shape index (κ3) is 1.29. The van der Waals surface area contributed by atoms with Gasteiger partial charge in [0.25, 0.3) is 5.97 Å². The third-order valence-corrected chi connectivity index (χ3v) is 2.66. The second kappa shape index (κ2) is 2.83. The first-order chi connectivity index (χ1) is 6.38. The molecule has 0 aromatic carbocycles. The minimum absolute atomic E-state index is 1.08. The van der Waals surface area contributed by atoms with Crippen LogP contribution in [0.1, 0.15) is 0 Å². The van der Waals surface area contributed by atoms with Gasteiger partial charge in [0.15, 0.2) is 0 Å². The maximum absolute atomic E-state index is 12.8. The minimum Gasteiger partial charge on any atom is -0.217 e. The zero-order valence-corrected chi connectivity index (χ0v) is 7.93. The van der Waals surface area contributed by atoms with Crippen LogP contribution in [-0.2, 0) is 0 Å². The Morgan fingerprint density at radius 2 is 1.33 bits per heavy atom. The smallest absolute Gasteiger partial charge is 0.217 e.